The van der Waals surface area contributed by atoms with Gasteiger partial charge in [-0.05, 0) is 31.4 Å². The monoisotopic (exact) mass is 349 g/mol. The number of para-hydroxylation sites is 1. The number of aliphatic hydroxyl groups excluding tert-OH is 1. The first-order valence-electron chi connectivity index (χ1n) is 7.26. The van der Waals surface area contributed by atoms with Crippen molar-refractivity contribution in [2.24, 2.45) is 0 Å². The summed E-state index contributed by atoms with van der Waals surface area (Å²) < 4.78 is 80.3. The first-order chi connectivity index (χ1) is 11.1. The predicted molar refractivity (Wildman–Crippen MR) is 73.7 cm³/mol. The lowest BCUT2D eigenvalue weighted by Gasteiger charge is -2.22. The van der Waals surface area contributed by atoms with E-state index in [1.54, 1.807) is 0 Å². The minimum atomic E-state index is -4.75. The van der Waals surface area contributed by atoms with Gasteiger partial charge in [-0.2, -0.15) is 26.3 Å². The molecule has 1 atom stereocenters. The number of benzene rings is 1. The second kappa shape index (κ2) is 5.54. The maximum atomic E-state index is 13.3. The van der Waals surface area contributed by atoms with E-state index in [2.05, 4.69) is 0 Å². The Bertz CT molecular complexity index is 759. The number of aromatic nitrogens is 1. The molecule has 0 radical (unpaired) electrons. The zero-order valence-corrected chi connectivity index (χ0v) is 12.2. The maximum Gasteiger partial charge on any atom is 0.418 e. The van der Waals surface area contributed by atoms with Gasteiger partial charge in [0.1, 0.15) is 0 Å². The highest BCUT2D eigenvalue weighted by Crippen LogP contribution is 2.44. The van der Waals surface area contributed by atoms with Gasteiger partial charge < -0.3 is 9.67 Å². The molecule has 1 aliphatic rings. The van der Waals surface area contributed by atoms with Crippen LogP contribution >= 0.6 is 0 Å². The normalized spacial score (nSPS) is 18.5. The van der Waals surface area contributed by atoms with E-state index in [0.717, 1.165) is 16.7 Å². The van der Waals surface area contributed by atoms with Gasteiger partial charge in [-0.25, -0.2) is 0 Å². The van der Waals surface area contributed by atoms with E-state index in [1.807, 2.05) is 0 Å². The molecule has 1 unspecified atom stereocenters. The molecule has 24 heavy (non-hydrogen) atoms. The largest absolute Gasteiger partial charge is 0.418 e. The van der Waals surface area contributed by atoms with Gasteiger partial charge in [0.25, 0.3) is 0 Å². The van der Waals surface area contributed by atoms with Crippen LogP contribution in [0.5, 0.6) is 0 Å². The van der Waals surface area contributed by atoms with Gasteiger partial charge in [0, 0.05) is 17.5 Å². The van der Waals surface area contributed by atoms with Gasteiger partial charge in [0.2, 0.25) is 0 Å². The van der Waals surface area contributed by atoms with Crippen LogP contribution in [0.4, 0.5) is 26.3 Å². The molecule has 1 aromatic heterocycles. The van der Waals surface area contributed by atoms with Crippen LogP contribution in [0.1, 0.15) is 41.3 Å². The molecule has 2 aromatic rings. The fourth-order valence-corrected chi connectivity index (χ4v) is 3.16. The van der Waals surface area contributed by atoms with Crippen LogP contribution in [-0.4, -0.2) is 9.67 Å². The van der Waals surface area contributed by atoms with Gasteiger partial charge in [0.05, 0.1) is 22.9 Å². The highest BCUT2D eigenvalue weighted by Gasteiger charge is 2.41. The second-order valence-electron chi connectivity index (χ2n) is 5.69. The van der Waals surface area contributed by atoms with E-state index in [-0.39, 0.29) is 29.8 Å². The van der Waals surface area contributed by atoms with Crippen molar-refractivity contribution < 1.29 is 31.4 Å². The first kappa shape index (κ1) is 16.9. The van der Waals surface area contributed by atoms with Crippen molar-refractivity contribution >= 4 is 0 Å². The van der Waals surface area contributed by atoms with Crippen LogP contribution in [0.15, 0.2) is 30.5 Å². The molecule has 3 rings (SSSR count). The molecule has 1 aromatic carbocycles. The second-order valence-corrected chi connectivity index (χ2v) is 5.69. The van der Waals surface area contributed by atoms with E-state index in [1.165, 1.54) is 12.1 Å². The zero-order valence-electron chi connectivity index (χ0n) is 12.2. The summed E-state index contributed by atoms with van der Waals surface area (Å²) in [7, 11) is 0. The Balaban J connectivity index is 2.28. The van der Waals surface area contributed by atoms with Crippen LogP contribution < -0.4 is 0 Å². The van der Waals surface area contributed by atoms with Crippen LogP contribution in [0, 0.1) is 0 Å². The lowest BCUT2D eigenvalue weighted by Crippen LogP contribution is -2.16. The molecule has 1 aliphatic carbocycles. The summed E-state index contributed by atoms with van der Waals surface area (Å²) >= 11 is 0. The summed E-state index contributed by atoms with van der Waals surface area (Å²) in [5.74, 6) is 0. The van der Waals surface area contributed by atoms with E-state index in [0.29, 0.717) is 12.6 Å². The van der Waals surface area contributed by atoms with Crippen molar-refractivity contribution in [2.75, 3.05) is 0 Å². The van der Waals surface area contributed by atoms with Gasteiger partial charge in [-0.3, -0.25) is 0 Å². The third kappa shape index (κ3) is 2.79. The summed E-state index contributed by atoms with van der Waals surface area (Å²) in [6, 6.07) is 4.48. The number of halogens is 6. The van der Waals surface area contributed by atoms with E-state index in [9.17, 15) is 31.4 Å². The zero-order chi connectivity index (χ0) is 17.7. The molecule has 130 valence electrons. The van der Waals surface area contributed by atoms with Crippen molar-refractivity contribution in [3.8, 4) is 5.69 Å². The molecule has 8 heteroatoms. The van der Waals surface area contributed by atoms with Gasteiger partial charge in [0.15, 0.2) is 0 Å². The number of aliphatic hydroxyl groups is 1. The molecule has 2 nitrogen and oxygen atoms in total. The predicted octanol–water partition coefficient (Wildman–Crippen LogP) is 4.88. The van der Waals surface area contributed by atoms with Gasteiger partial charge >= 0.3 is 12.4 Å². The molecule has 0 amide bonds. The number of hydrogen-bond donors (Lipinski definition) is 1. The lowest BCUT2D eigenvalue weighted by atomic mass is 9.92. The van der Waals surface area contributed by atoms with Crippen molar-refractivity contribution in [3.63, 3.8) is 0 Å². The van der Waals surface area contributed by atoms with Crippen molar-refractivity contribution in [3.05, 3.63) is 52.8 Å². The first-order valence-corrected chi connectivity index (χ1v) is 7.26. The highest BCUT2D eigenvalue weighted by atomic mass is 19.4. The molecular weight excluding hydrogens is 336 g/mol. The summed E-state index contributed by atoms with van der Waals surface area (Å²) in [6.07, 6.45) is -9.38. The Kier molecular flexibility index (Phi) is 3.90. The fourth-order valence-electron chi connectivity index (χ4n) is 3.16. The van der Waals surface area contributed by atoms with Crippen molar-refractivity contribution in [1.29, 1.82) is 0 Å². The number of fused-ring (bicyclic) bond motifs is 1. The summed E-state index contributed by atoms with van der Waals surface area (Å²) in [5.41, 5.74) is -2.70. The average Bonchev–Trinajstić information content (AvgIpc) is 2.87. The lowest BCUT2D eigenvalue weighted by molar-refractivity contribution is -0.139. The Morgan fingerprint density at radius 2 is 1.58 bits per heavy atom. The Morgan fingerprint density at radius 3 is 2.21 bits per heavy atom. The number of rotatable bonds is 1. The van der Waals surface area contributed by atoms with Gasteiger partial charge in [-0.1, -0.05) is 12.1 Å². The molecule has 0 spiro atoms. The molecule has 0 fully saturated rings. The van der Waals surface area contributed by atoms with E-state index in [4.69, 9.17) is 0 Å². The fraction of sp³-hybridized carbons (Fsp3) is 0.375. The Morgan fingerprint density at radius 1 is 0.958 bits per heavy atom. The number of alkyl halides is 6. The number of hydrogen-bond acceptors (Lipinski definition) is 1. The van der Waals surface area contributed by atoms with Crippen LogP contribution in [0.25, 0.3) is 5.69 Å². The molecule has 0 aliphatic heterocycles. The molecular formula is C16H13F6NO. The maximum absolute atomic E-state index is 13.3. The highest BCUT2D eigenvalue weighted by molar-refractivity contribution is 5.50. The summed E-state index contributed by atoms with van der Waals surface area (Å²) in [5, 5.41) is 9.96. The third-order valence-electron chi connectivity index (χ3n) is 4.15. The van der Waals surface area contributed by atoms with Crippen LogP contribution in [-0.2, 0) is 18.8 Å². The third-order valence-corrected chi connectivity index (χ3v) is 4.15. The van der Waals surface area contributed by atoms with Crippen LogP contribution in [0.3, 0.4) is 0 Å². The van der Waals surface area contributed by atoms with Crippen molar-refractivity contribution in [1.82, 2.24) is 4.57 Å². The molecule has 0 saturated carbocycles. The summed E-state index contributed by atoms with van der Waals surface area (Å²) in [4.78, 5) is 0. The smallest absolute Gasteiger partial charge is 0.388 e. The topological polar surface area (TPSA) is 25.2 Å². The Hall–Kier alpha value is -1.96. The minimum Gasteiger partial charge on any atom is -0.388 e. The van der Waals surface area contributed by atoms with Crippen molar-refractivity contribution in [2.45, 2.75) is 37.7 Å². The minimum absolute atomic E-state index is 0.0813. The quantitative estimate of drug-likeness (QED) is 0.729. The van der Waals surface area contributed by atoms with E-state index >= 15 is 0 Å². The average molecular weight is 349 g/mol. The summed E-state index contributed by atoms with van der Waals surface area (Å²) in [6.45, 7) is 0. The molecule has 0 saturated heterocycles. The SMILES string of the molecule is OC1CCCc2c1c(C(F)(F)F)cn2-c1ccccc1C(F)(F)F. The number of nitrogens with zero attached hydrogens (tertiary/aromatic N) is 1. The molecule has 0 bridgehead atoms. The van der Waals surface area contributed by atoms with Gasteiger partial charge in [-0.15, -0.1) is 0 Å². The van der Waals surface area contributed by atoms with Crippen LogP contribution in [0.2, 0.25) is 0 Å². The van der Waals surface area contributed by atoms with E-state index < -0.39 is 29.6 Å². The standard InChI is InChI=1S/C16H13F6NO/c17-15(18,19)9-4-1-2-5-11(9)23-8-10(16(20,21)22)14-12(23)6-3-7-13(14)24/h1-2,4-5,8,13,24H,3,6-7H2. The molecule has 1 N–H and O–H groups in total. The molecule has 1 heterocycles. The Labute approximate surface area is 133 Å².